The van der Waals surface area contributed by atoms with Gasteiger partial charge in [-0.1, -0.05) is 22.9 Å². The number of aliphatic hydroxyl groups excluding tert-OH is 1. The maximum atomic E-state index is 12.4. The highest BCUT2D eigenvalue weighted by Gasteiger charge is 2.17. The Morgan fingerprint density at radius 3 is 2.63 bits per heavy atom. The lowest BCUT2D eigenvalue weighted by molar-refractivity contribution is 0.0922. The Morgan fingerprint density at radius 1 is 1.26 bits per heavy atom. The SMILES string of the molecule is C[C@@H](CO)NC(=O)c1ccc2nc(NS(=O)(=O)c3ccc(Cl)cc3)sc2c1. The molecule has 1 heterocycles. The second-order valence-electron chi connectivity index (χ2n) is 5.82. The second kappa shape index (κ2) is 7.81. The molecule has 0 aliphatic carbocycles. The smallest absolute Gasteiger partial charge is 0.263 e. The minimum absolute atomic E-state index is 0.0733. The summed E-state index contributed by atoms with van der Waals surface area (Å²) in [4.78, 5) is 16.5. The normalized spacial score (nSPS) is 12.7. The van der Waals surface area contributed by atoms with Gasteiger partial charge in [0.25, 0.3) is 15.9 Å². The highest BCUT2D eigenvalue weighted by Crippen LogP contribution is 2.28. The summed E-state index contributed by atoms with van der Waals surface area (Å²) < 4.78 is 28.0. The summed E-state index contributed by atoms with van der Waals surface area (Å²) in [5.74, 6) is -0.324. The van der Waals surface area contributed by atoms with Gasteiger partial charge in [-0.05, 0) is 49.4 Å². The van der Waals surface area contributed by atoms with Crippen molar-refractivity contribution in [3.05, 3.63) is 53.1 Å². The number of aromatic nitrogens is 1. The van der Waals surface area contributed by atoms with Gasteiger partial charge in [0.2, 0.25) is 0 Å². The zero-order chi connectivity index (χ0) is 19.6. The molecule has 3 N–H and O–H groups in total. The fourth-order valence-electron chi connectivity index (χ4n) is 2.25. The molecule has 7 nitrogen and oxygen atoms in total. The zero-order valence-electron chi connectivity index (χ0n) is 14.1. The van der Waals surface area contributed by atoms with E-state index in [4.69, 9.17) is 16.7 Å². The van der Waals surface area contributed by atoms with Gasteiger partial charge in [0, 0.05) is 16.6 Å². The van der Waals surface area contributed by atoms with E-state index in [1.54, 1.807) is 25.1 Å². The summed E-state index contributed by atoms with van der Waals surface area (Å²) >= 11 is 6.91. The molecule has 0 radical (unpaired) electrons. The van der Waals surface area contributed by atoms with Crippen molar-refractivity contribution in [2.24, 2.45) is 0 Å². The van der Waals surface area contributed by atoms with Gasteiger partial charge in [-0.15, -0.1) is 0 Å². The van der Waals surface area contributed by atoms with Gasteiger partial charge in [-0.3, -0.25) is 9.52 Å². The summed E-state index contributed by atoms with van der Waals surface area (Å²) in [6.45, 7) is 1.53. The number of nitrogens with one attached hydrogen (secondary N) is 2. The molecule has 0 aliphatic rings. The van der Waals surface area contributed by atoms with Gasteiger partial charge in [-0.25, -0.2) is 13.4 Å². The van der Waals surface area contributed by atoms with Crippen molar-refractivity contribution < 1.29 is 18.3 Å². The van der Waals surface area contributed by atoms with Gasteiger partial charge in [0.15, 0.2) is 5.13 Å². The number of nitrogens with zero attached hydrogens (tertiary/aromatic N) is 1. The predicted molar refractivity (Wildman–Crippen MR) is 106 cm³/mol. The van der Waals surface area contributed by atoms with Gasteiger partial charge in [-0.2, -0.15) is 0 Å². The van der Waals surface area contributed by atoms with Gasteiger partial charge in [0.05, 0.1) is 21.7 Å². The number of rotatable bonds is 6. The fraction of sp³-hybridized carbons (Fsp3) is 0.176. The molecule has 1 aromatic heterocycles. The third kappa shape index (κ3) is 4.56. The summed E-state index contributed by atoms with van der Waals surface area (Å²) in [5, 5.41) is 12.3. The predicted octanol–water partition coefficient (Wildman–Crippen LogP) is 2.86. The number of sulfonamides is 1. The number of hydrogen-bond donors (Lipinski definition) is 3. The zero-order valence-corrected chi connectivity index (χ0v) is 16.5. The van der Waals surface area contributed by atoms with Crippen molar-refractivity contribution in [3.63, 3.8) is 0 Å². The molecule has 10 heteroatoms. The van der Waals surface area contributed by atoms with Crippen LogP contribution in [0.2, 0.25) is 5.02 Å². The Morgan fingerprint density at radius 2 is 1.96 bits per heavy atom. The van der Waals surface area contributed by atoms with Crippen LogP contribution in [0.5, 0.6) is 0 Å². The highest BCUT2D eigenvalue weighted by atomic mass is 35.5. The number of fused-ring (bicyclic) bond motifs is 1. The van der Waals surface area contributed by atoms with Crippen LogP contribution in [0.25, 0.3) is 10.2 Å². The topological polar surface area (TPSA) is 108 Å². The van der Waals surface area contributed by atoms with E-state index in [0.29, 0.717) is 20.8 Å². The lowest BCUT2D eigenvalue weighted by atomic mass is 10.2. The average Bonchev–Trinajstić information content (AvgIpc) is 3.02. The molecule has 2 aromatic carbocycles. The number of thiazole rings is 1. The summed E-state index contributed by atoms with van der Waals surface area (Å²) in [6, 6.07) is 10.3. The summed E-state index contributed by atoms with van der Waals surface area (Å²) in [5.41, 5.74) is 0.971. The van der Waals surface area contributed by atoms with Crippen LogP contribution < -0.4 is 10.0 Å². The van der Waals surface area contributed by atoms with Gasteiger partial charge < -0.3 is 10.4 Å². The van der Waals surface area contributed by atoms with Crippen molar-refractivity contribution in [3.8, 4) is 0 Å². The van der Waals surface area contributed by atoms with E-state index in [-0.39, 0.29) is 28.6 Å². The molecule has 1 atom stereocenters. The molecule has 0 spiro atoms. The third-order valence-electron chi connectivity index (χ3n) is 3.65. The number of hydrogen-bond acceptors (Lipinski definition) is 6. The average molecular weight is 426 g/mol. The molecule has 0 unspecified atom stereocenters. The molecule has 0 bridgehead atoms. The van der Waals surface area contributed by atoms with E-state index in [1.807, 2.05) is 0 Å². The number of carbonyl (C=O) groups is 1. The van der Waals surface area contributed by atoms with Crippen LogP contribution in [0.3, 0.4) is 0 Å². The maximum absolute atomic E-state index is 12.4. The number of carbonyl (C=O) groups excluding carboxylic acids is 1. The molecular formula is C17H16ClN3O4S2. The molecule has 3 rings (SSSR count). The number of anilines is 1. The van der Waals surface area contributed by atoms with Gasteiger partial charge >= 0.3 is 0 Å². The lowest BCUT2D eigenvalue weighted by Crippen LogP contribution is -2.34. The molecule has 0 saturated carbocycles. The summed E-state index contributed by atoms with van der Waals surface area (Å²) in [7, 11) is -3.79. The van der Waals surface area contributed by atoms with Crippen LogP contribution in [-0.4, -0.2) is 37.1 Å². The number of halogens is 1. The van der Waals surface area contributed by atoms with Crippen LogP contribution in [0, 0.1) is 0 Å². The molecule has 142 valence electrons. The third-order valence-corrected chi connectivity index (χ3v) is 6.32. The van der Waals surface area contributed by atoms with Crippen LogP contribution in [0.1, 0.15) is 17.3 Å². The Bertz CT molecular complexity index is 1080. The van der Waals surface area contributed by atoms with Crippen LogP contribution in [0.4, 0.5) is 5.13 Å². The lowest BCUT2D eigenvalue weighted by Gasteiger charge is -2.10. The van der Waals surface area contributed by atoms with E-state index in [1.165, 1.54) is 24.3 Å². The molecule has 0 saturated heterocycles. The van der Waals surface area contributed by atoms with Crippen molar-refractivity contribution in [1.29, 1.82) is 0 Å². The summed E-state index contributed by atoms with van der Waals surface area (Å²) in [6.07, 6.45) is 0. The maximum Gasteiger partial charge on any atom is 0.263 e. The van der Waals surface area contributed by atoms with E-state index in [9.17, 15) is 13.2 Å². The van der Waals surface area contributed by atoms with Crippen molar-refractivity contribution in [1.82, 2.24) is 10.3 Å². The first-order chi connectivity index (χ1) is 12.8. The van der Waals surface area contributed by atoms with Gasteiger partial charge in [0.1, 0.15) is 0 Å². The number of amides is 1. The molecule has 0 aliphatic heterocycles. The van der Waals surface area contributed by atoms with E-state index in [2.05, 4.69) is 15.0 Å². The Kier molecular flexibility index (Phi) is 5.66. The Hall–Kier alpha value is -2.20. The van der Waals surface area contributed by atoms with Crippen LogP contribution >= 0.6 is 22.9 Å². The van der Waals surface area contributed by atoms with Crippen molar-refractivity contribution in [2.45, 2.75) is 17.9 Å². The molecule has 3 aromatic rings. The van der Waals surface area contributed by atoms with E-state index >= 15 is 0 Å². The highest BCUT2D eigenvalue weighted by molar-refractivity contribution is 7.93. The molecule has 1 amide bonds. The minimum Gasteiger partial charge on any atom is -0.394 e. The van der Waals surface area contributed by atoms with Crippen LogP contribution in [-0.2, 0) is 10.0 Å². The van der Waals surface area contributed by atoms with E-state index in [0.717, 1.165) is 11.3 Å². The Labute approximate surface area is 165 Å². The van der Waals surface area contributed by atoms with Crippen LogP contribution in [0.15, 0.2) is 47.4 Å². The monoisotopic (exact) mass is 425 g/mol. The van der Waals surface area contributed by atoms with Crippen molar-refractivity contribution in [2.75, 3.05) is 11.3 Å². The standard InChI is InChI=1S/C17H16ClN3O4S2/c1-10(9-22)19-16(23)11-2-7-14-15(8-11)26-17(20-14)21-27(24,25)13-5-3-12(18)4-6-13/h2-8,10,22H,9H2,1H3,(H,19,23)(H,20,21)/t10-/m0/s1. The van der Waals surface area contributed by atoms with Crippen molar-refractivity contribution >= 4 is 54.2 Å². The quantitative estimate of drug-likeness (QED) is 0.562. The molecule has 27 heavy (non-hydrogen) atoms. The fourth-order valence-corrected chi connectivity index (χ4v) is 4.52. The largest absolute Gasteiger partial charge is 0.394 e. The first kappa shape index (κ1) is 19.6. The van der Waals surface area contributed by atoms with E-state index < -0.39 is 10.0 Å². The number of benzene rings is 2. The Balaban J connectivity index is 1.84. The number of aliphatic hydroxyl groups is 1. The second-order valence-corrected chi connectivity index (χ2v) is 8.97. The first-order valence-corrected chi connectivity index (χ1v) is 10.6. The molecule has 0 fully saturated rings. The minimum atomic E-state index is -3.79. The first-order valence-electron chi connectivity index (χ1n) is 7.89. The molecular weight excluding hydrogens is 410 g/mol.